The highest BCUT2D eigenvalue weighted by Crippen LogP contribution is 2.22. The molecule has 0 radical (unpaired) electrons. The summed E-state index contributed by atoms with van der Waals surface area (Å²) in [6, 6.07) is 5.61. The summed E-state index contributed by atoms with van der Waals surface area (Å²) < 4.78 is 23.6. The van der Waals surface area contributed by atoms with Crippen molar-refractivity contribution in [3.8, 4) is 5.75 Å². The summed E-state index contributed by atoms with van der Waals surface area (Å²) in [7, 11) is 0. The molecule has 0 aliphatic heterocycles. The van der Waals surface area contributed by atoms with E-state index in [0.717, 1.165) is 11.3 Å². The van der Waals surface area contributed by atoms with E-state index in [1.165, 1.54) is 37.3 Å². The van der Waals surface area contributed by atoms with Crippen LogP contribution in [0.1, 0.15) is 27.3 Å². The monoisotopic (exact) mass is 378 g/mol. The number of thiazole rings is 1. The second-order valence-corrected chi connectivity index (χ2v) is 6.43. The van der Waals surface area contributed by atoms with Crippen LogP contribution in [0.5, 0.6) is 5.75 Å². The van der Waals surface area contributed by atoms with Gasteiger partial charge in [-0.15, -0.1) is 17.9 Å². The van der Waals surface area contributed by atoms with E-state index < -0.39 is 18.0 Å². The van der Waals surface area contributed by atoms with Gasteiger partial charge in [0.05, 0.1) is 5.69 Å². The Hall–Kier alpha value is -2.74. The normalized spacial score (nSPS) is 11.5. The molecule has 2 rings (SSSR count). The molecule has 2 aromatic rings. The zero-order valence-corrected chi connectivity index (χ0v) is 15.3. The van der Waals surface area contributed by atoms with Gasteiger partial charge in [0.15, 0.2) is 6.10 Å². The van der Waals surface area contributed by atoms with Crippen LogP contribution >= 0.6 is 11.3 Å². The molecule has 0 fully saturated rings. The molecule has 1 atom stereocenters. The molecule has 1 amide bonds. The van der Waals surface area contributed by atoms with Crippen molar-refractivity contribution in [1.82, 2.24) is 10.3 Å². The summed E-state index contributed by atoms with van der Waals surface area (Å²) in [5.74, 6) is -0.871. The summed E-state index contributed by atoms with van der Waals surface area (Å²) in [6.45, 7) is 7.10. The third-order valence-corrected chi connectivity index (χ3v) is 4.39. The van der Waals surface area contributed by atoms with Crippen LogP contribution < -0.4 is 10.1 Å². The van der Waals surface area contributed by atoms with Gasteiger partial charge in [-0.25, -0.2) is 14.2 Å². The third-order valence-electron chi connectivity index (χ3n) is 3.28. The average molecular weight is 378 g/mol. The molecule has 1 aromatic carbocycles. The molecule has 0 bridgehead atoms. The van der Waals surface area contributed by atoms with Gasteiger partial charge in [-0.1, -0.05) is 6.08 Å². The molecular formula is C18H19FN2O4S. The van der Waals surface area contributed by atoms with Crippen molar-refractivity contribution in [3.05, 3.63) is 58.3 Å². The minimum atomic E-state index is -0.928. The molecule has 138 valence electrons. The highest BCUT2D eigenvalue weighted by atomic mass is 32.1. The van der Waals surface area contributed by atoms with Crippen LogP contribution in [0.15, 0.2) is 36.9 Å². The number of benzene rings is 1. The number of esters is 1. The van der Waals surface area contributed by atoms with E-state index in [-0.39, 0.29) is 12.4 Å². The van der Waals surface area contributed by atoms with Gasteiger partial charge in [0.2, 0.25) is 0 Å². The van der Waals surface area contributed by atoms with E-state index in [1.807, 2.05) is 0 Å². The number of nitrogens with zero attached hydrogens (tertiary/aromatic N) is 1. The van der Waals surface area contributed by atoms with Crippen LogP contribution in [0, 0.1) is 12.7 Å². The van der Waals surface area contributed by atoms with E-state index in [4.69, 9.17) is 9.47 Å². The highest BCUT2D eigenvalue weighted by Gasteiger charge is 2.22. The van der Waals surface area contributed by atoms with Gasteiger partial charge in [0.1, 0.15) is 28.1 Å². The molecule has 0 saturated carbocycles. The second kappa shape index (κ2) is 9.10. The minimum Gasteiger partial charge on any atom is -0.486 e. The Morgan fingerprint density at radius 2 is 2.08 bits per heavy atom. The molecule has 0 aliphatic rings. The smallest absolute Gasteiger partial charge is 0.351 e. The van der Waals surface area contributed by atoms with Gasteiger partial charge >= 0.3 is 5.97 Å². The van der Waals surface area contributed by atoms with E-state index in [9.17, 15) is 14.0 Å². The highest BCUT2D eigenvalue weighted by molar-refractivity contribution is 7.13. The van der Waals surface area contributed by atoms with Crippen LogP contribution in [0.4, 0.5) is 4.39 Å². The number of nitrogens with one attached hydrogen (secondary N) is 1. The fourth-order valence-electron chi connectivity index (χ4n) is 1.96. The Balaban J connectivity index is 1.95. The maximum Gasteiger partial charge on any atom is 0.351 e. The first kappa shape index (κ1) is 19.6. The predicted molar refractivity (Wildman–Crippen MR) is 95.7 cm³/mol. The van der Waals surface area contributed by atoms with Crippen molar-refractivity contribution in [3.63, 3.8) is 0 Å². The molecule has 6 nitrogen and oxygen atoms in total. The number of ether oxygens (including phenoxy) is 2. The van der Waals surface area contributed by atoms with E-state index in [1.54, 1.807) is 6.92 Å². The Morgan fingerprint density at radius 1 is 1.38 bits per heavy atom. The number of carbonyl (C=O) groups excluding carboxylic acids is 2. The summed E-state index contributed by atoms with van der Waals surface area (Å²) in [5.41, 5.74) is 0.497. The second-order valence-electron chi connectivity index (χ2n) is 5.35. The van der Waals surface area contributed by atoms with Gasteiger partial charge in [-0.05, 0) is 38.1 Å². The molecule has 0 aliphatic carbocycles. The molecule has 8 heteroatoms. The number of rotatable bonds is 8. The van der Waals surface area contributed by atoms with E-state index in [0.29, 0.717) is 27.9 Å². The topological polar surface area (TPSA) is 77.5 Å². The number of hydrogen-bond donors (Lipinski definition) is 1. The van der Waals surface area contributed by atoms with Crippen molar-refractivity contribution in [2.75, 3.05) is 6.54 Å². The minimum absolute atomic E-state index is 0.139. The number of carbonyl (C=O) groups is 2. The Kier molecular flexibility index (Phi) is 6.85. The molecule has 0 saturated heterocycles. The largest absolute Gasteiger partial charge is 0.486 e. The van der Waals surface area contributed by atoms with Crippen molar-refractivity contribution in [2.45, 2.75) is 26.6 Å². The van der Waals surface area contributed by atoms with Gasteiger partial charge in [0.25, 0.3) is 5.91 Å². The van der Waals surface area contributed by atoms with Crippen molar-refractivity contribution in [1.29, 1.82) is 0 Å². The average Bonchev–Trinajstić information content (AvgIpc) is 3.00. The van der Waals surface area contributed by atoms with Gasteiger partial charge in [-0.3, -0.25) is 4.79 Å². The first-order chi connectivity index (χ1) is 12.4. The SMILES string of the molecule is C=CCNC(=O)C(C)OC(=O)c1sc(COc2ccc(F)cc2)nc1C. The van der Waals surface area contributed by atoms with E-state index >= 15 is 0 Å². The first-order valence-corrected chi connectivity index (χ1v) is 8.66. The van der Waals surface area contributed by atoms with Gasteiger partial charge < -0.3 is 14.8 Å². The standard InChI is InChI=1S/C18H19FN2O4S/c1-4-9-20-17(22)12(3)25-18(23)16-11(2)21-15(26-16)10-24-14-7-5-13(19)6-8-14/h4-8,12H,1,9-10H2,2-3H3,(H,20,22). The lowest BCUT2D eigenvalue weighted by Gasteiger charge is -2.12. The fourth-order valence-corrected chi connectivity index (χ4v) is 2.82. The lowest BCUT2D eigenvalue weighted by molar-refractivity contribution is -0.128. The molecule has 1 heterocycles. The summed E-state index contributed by atoms with van der Waals surface area (Å²) >= 11 is 1.13. The van der Waals surface area contributed by atoms with Crippen molar-refractivity contribution >= 4 is 23.2 Å². The molecular weight excluding hydrogens is 359 g/mol. The zero-order chi connectivity index (χ0) is 19.1. The Morgan fingerprint density at radius 3 is 2.73 bits per heavy atom. The molecule has 1 aromatic heterocycles. The Bertz CT molecular complexity index is 789. The molecule has 1 N–H and O–H groups in total. The summed E-state index contributed by atoms with van der Waals surface area (Å²) in [5, 5.41) is 3.13. The van der Waals surface area contributed by atoms with Gasteiger partial charge in [-0.2, -0.15) is 0 Å². The maximum absolute atomic E-state index is 12.9. The van der Waals surface area contributed by atoms with Crippen LogP contribution in [0.3, 0.4) is 0 Å². The van der Waals surface area contributed by atoms with Crippen LogP contribution in [-0.2, 0) is 16.1 Å². The predicted octanol–water partition coefficient (Wildman–Crippen LogP) is 3.02. The van der Waals surface area contributed by atoms with Crippen LogP contribution in [0.25, 0.3) is 0 Å². The Labute approximate surface area is 154 Å². The van der Waals surface area contributed by atoms with E-state index in [2.05, 4.69) is 16.9 Å². The van der Waals surface area contributed by atoms with Crippen molar-refractivity contribution in [2.24, 2.45) is 0 Å². The lowest BCUT2D eigenvalue weighted by Crippen LogP contribution is -2.35. The third kappa shape index (κ3) is 5.38. The van der Waals surface area contributed by atoms with Crippen molar-refractivity contribution < 1.29 is 23.5 Å². The number of hydrogen-bond acceptors (Lipinski definition) is 6. The van der Waals surface area contributed by atoms with Crippen LogP contribution in [0.2, 0.25) is 0 Å². The van der Waals surface area contributed by atoms with Gasteiger partial charge in [0, 0.05) is 6.54 Å². The summed E-state index contributed by atoms with van der Waals surface area (Å²) in [6.07, 6.45) is 0.607. The molecule has 26 heavy (non-hydrogen) atoms. The number of aromatic nitrogens is 1. The molecule has 0 spiro atoms. The zero-order valence-electron chi connectivity index (χ0n) is 14.5. The lowest BCUT2D eigenvalue weighted by atomic mass is 10.3. The number of halogens is 1. The fraction of sp³-hybridized carbons (Fsp3) is 0.278. The first-order valence-electron chi connectivity index (χ1n) is 7.85. The van der Waals surface area contributed by atoms with Crippen LogP contribution in [-0.4, -0.2) is 29.5 Å². The number of amides is 1. The molecule has 1 unspecified atom stereocenters. The maximum atomic E-state index is 12.9. The summed E-state index contributed by atoms with van der Waals surface area (Å²) in [4.78, 5) is 28.6. The quantitative estimate of drug-likeness (QED) is 0.564. The number of aryl methyl sites for hydroxylation is 1.